The number of carbonyl (C=O) groups excluding carboxylic acids is 1. The molecule has 1 N–H and O–H groups in total. The van der Waals surface area contributed by atoms with Gasteiger partial charge in [-0.15, -0.1) is 0 Å². The third kappa shape index (κ3) is 4.04. The topological polar surface area (TPSA) is 54.9 Å². The number of hydrogen-bond acceptors (Lipinski definition) is 3. The molecule has 24 heavy (non-hydrogen) atoms. The molecule has 120 valence electrons. The van der Waals surface area contributed by atoms with Crippen LogP contribution in [0.2, 0.25) is 0 Å². The zero-order chi connectivity index (χ0) is 16.8. The van der Waals surface area contributed by atoms with Gasteiger partial charge in [-0.05, 0) is 36.2 Å². The molecule has 0 aliphatic rings. The van der Waals surface area contributed by atoms with Gasteiger partial charge in [0.1, 0.15) is 0 Å². The summed E-state index contributed by atoms with van der Waals surface area (Å²) in [6, 6.07) is 15.7. The first-order chi connectivity index (χ1) is 11.7. The third-order valence-electron chi connectivity index (χ3n) is 3.75. The molecule has 0 saturated heterocycles. The van der Waals surface area contributed by atoms with Gasteiger partial charge in [0.15, 0.2) is 0 Å². The van der Waals surface area contributed by atoms with E-state index in [0.29, 0.717) is 13.0 Å². The predicted octanol–water partition coefficient (Wildman–Crippen LogP) is 3.31. The van der Waals surface area contributed by atoms with Crippen molar-refractivity contribution in [2.45, 2.75) is 19.9 Å². The van der Waals surface area contributed by atoms with Crippen molar-refractivity contribution in [2.24, 2.45) is 0 Å². The summed E-state index contributed by atoms with van der Waals surface area (Å²) < 4.78 is 0. The lowest BCUT2D eigenvalue weighted by atomic mass is 10.1. The number of nitrogens with one attached hydrogen (secondary N) is 1. The molecule has 4 heteroatoms. The molecule has 0 spiro atoms. The highest BCUT2D eigenvalue weighted by Gasteiger charge is 2.08. The lowest BCUT2D eigenvalue weighted by molar-refractivity contribution is -0.120. The Kier molecular flexibility index (Phi) is 4.96. The van der Waals surface area contributed by atoms with Crippen molar-refractivity contribution in [1.82, 2.24) is 15.3 Å². The van der Waals surface area contributed by atoms with E-state index in [4.69, 9.17) is 0 Å². The summed E-state index contributed by atoms with van der Waals surface area (Å²) in [6.07, 6.45) is 5.64. The summed E-state index contributed by atoms with van der Waals surface area (Å²) in [5, 5.41) is 2.98. The van der Waals surface area contributed by atoms with E-state index in [-0.39, 0.29) is 5.91 Å². The van der Waals surface area contributed by atoms with Crippen molar-refractivity contribution in [1.29, 1.82) is 0 Å². The minimum atomic E-state index is 0.00147. The van der Waals surface area contributed by atoms with E-state index in [9.17, 15) is 4.79 Å². The monoisotopic (exact) mass is 317 g/mol. The Hall–Kier alpha value is -3.01. The second-order valence-corrected chi connectivity index (χ2v) is 5.70. The summed E-state index contributed by atoms with van der Waals surface area (Å²) in [7, 11) is 0. The molecule has 3 aromatic rings. The maximum absolute atomic E-state index is 12.2. The lowest BCUT2D eigenvalue weighted by Gasteiger charge is -2.10. The minimum Gasteiger partial charge on any atom is -0.352 e. The van der Waals surface area contributed by atoms with Crippen LogP contribution >= 0.6 is 0 Å². The average Bonchev–Trinajstić information content (AvgIpc) is 2.61. The highest BCUT2D eigenvalue weighted by atomic mass is 16.1. The first kappa shape index (κ1) is 15.9. The molecule has 3 rings (SSSR count). The summed E-state index contributed by atoms with van der Waals surface area (Å²) in [4.78, 5) is 20.8. The normalized spacial score (nSPS) is 10.4. The van der Waals surface area contributed by atoms with Crippen molar-refractivity contribution in [3.63, 3.8) is 0 Å². The molecule has 0 aliphatic carbocycles. The van der Waals surface area contributed by atoms with Gasteiger partial charge in [-0.3, -0.25) is 14.8 Å². The Morgan fingerprint density at radius 1 is 1.08 bits per heavy atom. The van der Waals surface area contributed by atoms with Gasteiger partial charge in [0, 0.05) is 30.7 Å². The number of rotatable bonds is 5. The Bertz CT molecular complexity index is 831. The standard InChI is InChI=1S/C20H19N3O/c1-15-5-2-6-16(11-15)12-19(24)23-14-18-8-4-10-22-20(18)17-7-3-9-21-13-17/h2-11,13H,12,14H2,1H3,(H,23,24). The van der Waals surface area contributed by atoms with Gasteiger partial charge in [0.2, 0.25) is 5.91 Å². The Morgan fingerprint density at radius 3 is 2.75 bits per heavy atom. The molecule has 0 unspecified atom stereocenters. The van der Waals surface area contributed by atoms with Crippen molar-refractivity contribution >= 4 is 5.91 Å². The maximum atomic E-state index is 12.2. The van der Waals surface area contributed by atoms with Crippen molar-refractivity contribution in [3.8, 4) is 11.3 Å². The van der Waals surface area contributed by atoms with Gasteiger partial charge in [0.05, 0.1) is 12.1 Å². The van der Waals surface area contributed by atoms with Crippen LogP contribution in [0.4, 0.5) is 0 Å². The van der Waals surface area contributed by atoms with Crippen LogP contribution in [0.3, 0.4) is 0 Å². The number of aryl methyl sites for hydroxylation is 1. The minimum absolute atomic E-state index is 0.00147. The summed E-state index contributed by atoms with van der Waals surface area (Å²) in [5.74, 6) is 0.00147. The van der Waals surface area contributed by atoms with Crippen molar-refractivity contribution < 1.29 is 4.79 Å². The number of aromatic nitrogens is 2. The number of amides is 1. The van der Waals surface area contributed by atoms with Gasteiger partial charge < -0.3 is 5.32 Å². The SMILES string of the molecule is Cc1cccc(CC(=O)NCc2cccnc2-c2cccnc2)c1. The summed E-state index contributed by atoms with van der Waals surface area (Å²) in [6.45, 7) is 2.47. The molecular formula is C20H19N3O. The van der Waals surface area contributed by atoms with Crippen LogP contribution in [-0.2, 0) is 17.8 Å². The smallest absolute Gasteiger partial charge is 0.224 e. The number of benzene rings is 1. The first-order valence-corrected chi connectivity index (χ1v) is 7.89. The van der Waals surface area contributed by atoms with E-state index in [0.717, 1.165) is 27.9 Å². The van der Waals surface area contributed by atoms with Gasteiger partial charge in [0.25, 0.3) is 0 Å². The number of pyridine rings is 2. The van der Waals surface area contributed by atoms with Crippen LogP contribution in [-0.4, -0.2) is 15.9 Å². The second kappa shape index (κ2) is 7.51. The van der Waals surface area contributed by atoms with E-state index >= 15 is 0 Å². The highest BCUT2D eigenvalue weighted by Crippen LogP contribution is 2.19. The fraction of sp³-hybridized carbons (Fsp3) is 0.150. The van der Waals surface area contributed by atoms with E-state index in [1.807, 2.05) is 55.5 Å². The van der Waals surface area contributed by atoms with Gasteiger partial charge in [-0.25, -0.2) is 0 Å². The average molecular weight is 317 g/mol. The van der Waals surface area contributed by atoms with Crippen LogP contribution < -0.4 is 5.32 Å². The van der Waals surface area contributed by atoms with Crippen LogP contribution in [0.15, 0.2) is 67.1 Å². The van der Waals surface area contributed by atoms with Crippen LogP contribution in [0.25, 0.3) is 11.3 Å². The molecule has 1 aromatic carbocycles. The molecule has 0 radical (unpaired) electrons. The quantitative estimate of drug-likeness (QED) is 0.785. The summed E-state index contributed by atoms with van der Waals surface area (Å²) >= 11 is 0. The lowest BCUT2D eigenvalue weighted by Crippen LogP contribution is -2.25. The van der Waals surface area contributed by atoms with Gasteiger partial charge >= 0.3 is 0 Å². The largest absolute Gasteiger partial charge is 0.352 e. The third-order valence-corrected chi connectivity index (χ3v) is 3.75. The fourth-order valence-electron chi connectivity index (χ4n) is 2.61. The molecular weight excluding hydrogens is 298 g/mol. The molecule has 0 saturated carbocycles. The molecule has 0 fully saturated rings. The van der Waals surface area contributed by atoms with Crippen LogP contribution in [0.1, 0.15) is 16.7 Å². The first-order valence-electron chi connectivity index (χ1n) is 7.89. The summed E-state index contributed by atoms with van der Waals surface area (Å²) in [5.41, 5.74) is 4.95. The Balaban J connectivity index is 1.68. The van der Waals surface area contributed by atoms with E-state index in [1.54, 1.807) is 18.6 Å². The van der Waals surface area contributed by atoms with E-state index in [1.165, 1.54) is 0 Å². The Morgan fingerprint density at radius 2 is 1.96 bits per heavy atom. The molecule has 0 atom stereocenters. The molecule has 2 heterocycles. The second-order valence-electron chi connectivity index (χ2n) is 5.70. The zero-order valence-corrected chi connectivity index (χ0v) is 13.6. The molecule has 0 aliphatic heterocycles. The van der Waals surface area contributed by atoms with Crippen LogP contribution in [0.5, 0.6) is 0 Å². The molecule has 1 amide bonds. The maximum Gasteiger partial charge on any atom is 0.224 e. The van der Waals surface area contributed by atoms with Gasteiger partial charge in [-0.1, -0.05) is 35.9 Å². The highest BCUT2D eigenvalue weighted by molar-refractivity contribution is 5.78. The number of hydrogen-bond donors (Lipinski definition) is 1. The van der Waals surface area contributed by atoms with Crippen LogP contribution in [0, 0.1) is 6.92 Å². The van der Waals surface area contributed by atoms with Crippen molar-refractivity contribution in [2.75, 3.05) is 0 Å². The van der Waals surface area contributed by atoms with Crippen molar-refractivity contribution in [3.05, 3.63) is 83.8 Å². The van der Waals surface area contributed by atoms with E-state index < -0.39 is 0 Å². The molecule has 4 nitrogen and oxygen atoms in total. The predicted molar refractivity (Wildman–Crippen MR) is 94.2 cm³/mol. The van der Waals surface area contributed by atoms with Gasteiger partial charge in [-0.2, -0.15) is 0 Å². The number of carbonyl (C=O) groups is 1. The zero-order valence-electron chi connectivity index (χ0n) is 13.6. The number of nitrogens with zero attached hydrogens (tertiary/aromatic N) is 2. The molecule has 0 bridgehead atoms. The fourth-order valence-corrected chi connectivity index (χ4v) is 2.61. The Labute approximate surface area is 141 Å². The van der Waals surface area contributed by atoms with E-state index in [2.05, 4.69) is 15.3 Å². The molecule has 2 aromatic heterocycles.